The second-order valence-electron chi connectivity index (χ2n) is 31.8. The highest BCUT2D eigenvalue weighted by molar-refractivity contribution is 5.93. The molecule has 0 saturated heterocycles. The summed E-state index contributed by atoms with van der Waals surface area (Å²) >= 11 is 0. The topological polar surface area (TPSA) is 13.0 Å². The number of aryl methyl sites for hydroxylation is 18. The first-order valence-corrected chi connectivity index (χ1v) is 39.5. The van der Waals surface area contributed by atoms with Crippen LogP contribution in [0.4, 0.5) is 68.2 Å². The molecule has 4 nitrogen and oxygen atoms in total. The van der Waals surface area contributed by atoms with E-state index in [1.165, 1.54) is 134 Å². The highest BCUT2D eigenvalue weighted by atomic mass is 15.2. The molecular formula is C108H102N4. The van der Waals surface area contributed by atoms with Gasteiger partial charge in [-0.15, -0.1) is 0 Å². The molecule has 0 bridgehead atoms. The number of rotatable bonds is 18. The Labute approximate surface area is 666 Å². The van der Waals surface area contributed by atoms with Gasteiger partial charge in [-0.2, -0.15) is 0 Å². The van der Waals surface area contributed by atoms with Gasteiger partial charge in [-0.1, -0.05) is 215 Å². The van der Waals surface area contributed by atoms with E-state index in [1.807, 2.05) is 0 Å². The zero-order chi connectivity index (χ0) is 78.5. The molecule has 15 aromatic carbocycles. The molecule has 0 unspecified atom stereocenters. The van der Waals surface area contributed by atoms with E-state index >= 15 is 0 Å². The Morgan fingerprint density at radius 3 is 0.393 bits per heavy atom. The fourth-order valence-corrected chi connectivity index (χ4v) is 17.0. The first-order valence-electron chi connectivity index (χ1n) is 39.5. The number of benzene rings is 15. The van der Waals surface area contributed by atoms with Crippen LogP contribution in [-0.2, 0) is 0 Å². The van der Waals surface area contributed by atoms with Crippen molar-refractivity contribution in [2.75, 3.05) is 19.6 Å². The largest absolute Gasteiger partial charge is 0.310 e. The summed E-state index contributed by atoms with van der Waals surface area (Å²) in [6, 6.07) is 110. The zero-order valence-corrected chi connectivity index (χ0v) is 68.5. The van der Waals surface area contributed by atoms with Gasteiger partial charge < -0.3 is 19.6 Å². The lowest BCUT2D eigenvalue weighted by Gasteiger charge is -2.35. The molecule has 4 heteroatoms. The maximum absolute atomic E-state index is 2.57. The minimum Gasteiger partial charge on any atom is -0.310 e. The standard InChI is InChI=1S/C108H102N4/c1-67-19-49-97(73(7)55-67)85-25-37-91(38-26-85)109(92-39-27-86(28-40-92)98-50-20-68(2)56-74(98)8)103-61-82(16)106(64-79(103)13)112(107-65-80(14)104(62-83(107)17)110(93-41-29-87(30-42-93)99-51-21-69(3)57-75(99)9)94-43-31-88(32-44-94)100-52-22-70(4)58-76(100)10)108-66-81(15)105(63-84(108)18)111(95-45-33-89(34-46-95)101-53-23-71(5)59-77(101)11)96-47-35-90(36-48-96)102-54-24-72(6)60-78(102)12/h19-66H,1-18H3. The Hall–Kier alpha value is -12.5. The molecule has 112 heavy (non-hydrogen) atoms. The third-order valence-corrected chi connectivity index (χ3v) is 22.9. The van der Waals surface area contributed by atoms with Gasteiger partial charge in [-0.25, -0.2) is 0 Å². The zero-order valence-electron chi connectivity index (χ0n) is 68.5. The van der Waals surface area contributed by atoms with Crippen molar-refractivity contribution in [1.29, 1.82) is 0 Å². The molecule has 0 heterocycles. The summed E-state index contributed by atoms with van der Waals surface area (Å²) < 4.78 is 0. The molecule has 0 aliphatic heterocycles. The van der Waals surface area contributed by atoms with Crippen LogP contribution < -0.4 is 19.6 Å². The molecule has 0 aliphatic rings. The van der Waals surface area contributed by atoms with Crippen LogP contribution in [0.5, 0.6) is 0 Å². The smallest absolute Gasteiger partial charge is 0.0495 e. The fourth-order valence-electron chi connectivity index (χ4n) is 17.0. The molecule has 0 spiro atoms. The summed E-state index contributed by atoms with van der Waals surface area (Å²) in [7, 11) is 0. The van der Waals surface area contributed by atoms with Gasteiger partial charge in [0.15, 0.2) is 0 Å². The first kappa shape index (κ1) is 74.9. The number of anilines is 12. The van der Waals surface area contributed by atoms with Crippen LogP contribution in [0.3, 0.4) is 0 Å². The quantitative estimate of drug-likeness (QED) is 0.0849. The van der Waals surface area contributed by atoms with Crippen molar-refractivity contribution >= 4 is 68.2 Å². The van der Waals surface area contributed by atoms with Gasteiger partial charge in [0.1, 0.15) is 0 Å². The van der Waals surface area contributed by atoms with Crippen molar-refractivity contribution in [1.82, 2.24) is 0 Å². The molecular weight excluding hydrogens is 1350 g/mol. The Kier molecular flexibility index (Phi) is 20.8. The van der Waals surface area contributed by atoms with Crippen molar-refractivity contribution in [2.45, 2.75) is 125 Å². The maximum atomic E-state index is 2.57. The molecule has 0 radical (unpaired) electrons. The van der Waals surface area contributed by atoms with Gasteiger partial charge >= 0.3 is 0 Å². The summed E-state index contributed by atoms with van der Waals surface area (Å²) in [6.07, 6.45) is 0. The van der Waals surface area contributed by atoms with Crippen molar-refractivity contribution in [3.63, 3.8) is 0 Å². The lowest BCUT2D eigenvalue weighted by atomic mass is 9.96. The summed E-state index contributed by atoms with van der Waals surface area (Å²) in [5.41, 5.74) is 49.7. The van der Waals surface area contributed by atoms with Crippen LogP contribution in [-0.4, -0.2) is 0 Å². The van der Waals surface area contributed by atoms with Gasteiger partial charge in [-0.05, 0) is 367 Å². The molecule has 0 atom stereocenters. The second-order valence-corrected chi connectivity index (χ2v) is 31.8. The highest BCUT2D eigenvalue weighted by Crippen LogP contribution is 2.51. The predicted octanol–water partition coefficient (Wildman–Crippen LogP) is 31.1. The van der Waals surface area contributed by atoms with Crippen LogP contribution in [0.2, 0.25) is 0 Å². The minimum atomic E-state index is 1.08. The van der Waals surface area contributed by atoms with Crippen molar-refractivity contribution in [3.05, 3.63) is 391 Å². The first-order chi connectivity index (χ1) is 53.9. The van der Waals surface area contributed by atoms with E-state index in [1.54, 1.807) is 0 Å². The van der Waals surface area contributed by atoms with E-state index in [-0.39, 0.29) is 0 Å². The third kappa shape index (κ3) is 15.1. The van der Waals surface area contributed by atoms with Crippen molar-refractivity contribution < 1.29 is 0 Å². The van der Waals surface area contributed by atoms with Crippen LogP contribution in [0.15, 0.2) is 291 Å². The van der Waals surface area contributed by atoms with Crippen LogP contribution >= 0.6 is 0 Å². The summed E-state index contributed by atoms with van der Waals surface area (Å²) in [5.74, 6) is 0. The lowest BCUT2D eigenvalue weighted by Crippen LogP contribution is -2.18. The predicted molar refractivity (Wildman–Crippen MR) is 483 cm³/mol. The average molecular weight is 1460 g/mol. The van der Waals surface area contributed by atoms with Crippen molar-refractivity contribution in [2.24, 2.45) is 0 Å². The van der Waals surface area contributed by atoms with E-state index in [2.05, 4.69) is 435 Å². The van der Waals surface area contributed by atoms with Gasteiger partial charge in [0.05, 0.1) is 0 Å². The van der Waals surface area contributed by atoms with Crippen LogP contribution in [0.25, 0.3) is 66.8 Å². The van der Waals surface area contributed by atoms with Gasteiger partial charge in [0, 0.05) is 68.2 Å². The highest BCUT2D eigenvalue weighted by Gasteiger charge is 2.28. The van der Waals surface area contributed by atoms with E-state index in [0.717, 1.165) is 102 Å². The van der Waals surface area contributed by atoms with E-state index in [0.29, 0.717) is 0 Å². The Morgan fingerprint density at radius 2 is 0.259 bits per heavy atom. The second kappa shape index (κ2) is 31.1. The average Bonchev–Trinajstić information content (AvgIpc) is 0.747. The van der Waals surface area contributed by atoms with Crippen molar-refractivity contribution in [3.8, 4) is 66.8 Å². The van der Waals surface area contributed by atoms with E-state index in [4.69, 9.17) is 0 Å². The summed E-state index contributed by atoms with van der Waals surface area (Å²) in [6.45, 7) is 40.1. The van der Waals surface area contributed by atoms with E-state index < -0.39 is 0 Å². The normalized spacial score (nSPS) is 11.3. The summed E-state index contributed by atoms with van der Waals surface area (Å²) in [5, 5.41) is 0. The Bertz CT molecular complexity index is 5180. The molecule has 15 aromatic rings. The fraction of sp³-hybridized carbons (Fsp3) is 0.167. The molecule has 0 aromatic heterocycles. The summed E-state index contributed by atoms with van der Waals surface area (Å²) in [4.78, 5) is 9.93. The molecule has 0 N–H and O–H groups in total. The van der Waals surface area contributed by atoms with Gasteiger partial charge in [0.2, 0.25) is 0 Å². The monoisotopic (exact) mass is 1450 g/mol. The number of hydrogen-bond acceptors (Lipinski definition) is 4. The van der Waals surface area contributed by atoms with Gasteiger partial charge in [0.25, 0.3) is 0 Å². The Balaban J connectivity index is 0.907. The van der Waals surface area contributed by atoms with E-state index in [9.17, 15) is 0 Å². The van der Waals surface area contributed by atoms with Gasteiger partial charge in [-0.3, -0.25) is 0 Å². The maximum Gasteiger partial charge on any atom is 0.0495 e. The van der Waals surface area contributed by atoms with Crippen LogP contribution in [0, 0.1) is 125 Å². The Morgan fingerprint density at radius 1 is 0.125 bits per heavy atom. The SMILES string of the molecule is Cc1ccc(-c2ccc(N(c3ccc(-c4ccc(C)cc4C)cc3)c3cc(C)c(N(c4cc(C)c(N(c5ccc(-c6ccc(C)cc6C)cc5)c5ccc(-c6ccc(C)cc6C)cc5)cc4C)c4cc(C)c(N(c5ccc(-c6ccc(C)cc6C)cc5)c5ccc(-c6ccc(C)cc6C)cc5)cc4C)cc3C)cc2)c(C)c1. The molecule has 0 fully saturated rings. The third-order valence-electron chi connectivity index (χ3n) is 22.9. The van der Waals surface area contributed by atoms with Crippen LogP contribution in [0.1, 0.15) is 100 Å². The molecule has 554 valence electrons. The molecule has 0 aliphatic carbocycles. The lowest BCUT2D eigenvalue weighted by molar-refractivity contribution is 1.15. The molecule has 0 saturated carbocycles. The molecule has 15 rings (SSSR count). The number of nitrogens with zero attached hydrogens (tertiary/aromatic N) is 4. The number of hydrogen-bond donors (Lipinski definition) is 0. The minimum absolute atomic E-state index is 1.08. The molecule has 0 amide bonds.